The second kappa shape index (κ2) is 8.36. The number of carbonyl (C=O) groups excluding carboxylic acids is 1. The number of nitrogens with zero attached hydrogens (tertiary/aromatic N) is 1. The van der Waals surface area contributed by atoms with E-state index in [1.165, 1.54) is 14.2 Å². The summed E-state index contributed by atoms with van der Waals surface area (Å²) in [4.78, 5) is 13.1. The number of Topliss-reactive ketones (excluding diaryl/α,β-unsaturated/α-hetero) is 1. The van der Waals surface area contributed by atoms with E-state index in [2.05, 4.69) is 0 Å². The van der Waals surface area contributed by atoms with E-state index in [1.54, 1.807) is 0 Å². The van der Waals surface area contributed by atoms with Gasteiger partial charge in [0.15, 0.2) is 17.3 Å². The zero-order chi connectivity index (χ0) is 37.3. The normalized spacial score (nSPS) is 41.8. The number of methoxy groups -OCH3 is 2. The van der Waals surface area contributed by atoms with Gasteiger partial charge in [0.1, 0.15) is 0 Å². The van der Waals surface area contributed by atoms with Gasteiger partial charge in [-0.1, -0.05) is 30.2 Å². The van der Waals surface area contributed by atoms with Crippen LogP contribution in [-0.2, 0) is 12.9 Å². The van der Waals surface area contributed by atoms with Crippen LogP contribution in [0.2, 0.25) is 0 Å². The minimum absolute atomic E-state index is 0.108. The maximum atomic E-state index is 13.8. The number of benzene rings is 2. The number of hydrogen-bond acceptors (Lipinski definition) is 4. The summed E-state index contributed by atoms with van der Waals surface area (Å²) in [6, 6.07) is -3.92. The molecule has 0 N–H and O–H groups in total. The third-order valence-electron chi connectivity index (χ3n) is 3.95. The monoisotopic (exact) mass is 399 g/mol. The molecule has 1 fully saturated rings. The fraction of sp³-hybridized carbons (Fsp3) is 0.458. The Bertz CT molecular complexity index is 1650. The number of fused-ring (bicyclic) bond motifs is 1. The first-order valence-electron chi connectivity index (χ1n) is 18.1. The van der Waals surface area contributed by atoms with E-state index in [9.17, 15) is 4.79 Å². The molecule has 2 aromatic carbocycles. The van der Waals surface area contributed by atoms with Crippen LogP contribution < -0.4 is 9.47 Å². The summed E-state index contributed by atoms with van der Waals surface area (Å²) in [5.41, 5.74) is -2.45. The molecule has 1 saturated heterocycles. The molecule has 1 aliphatic carbocycles. The molecule has 0 radical (unpaired) electrons. The highest BCUT2D eigenvalue weighted by molar-refractivity contribution is 6.02. The van der Waals surface area contributed by atoms with Crippen molar-refractivity contribution < 1.29 is 41.7 Å². The van der Waals surface area contributed by atoms with Gasteiger partial charge in [-0.05, 0) is 67.6 Å². The molecule has 0 saturated carbocycles. The van der Waals surface area contributed by atoms with Crippen molar-refractivity contribution in [3.05, 3.63) is 59.0 Å². The maximum absolute atomic E-state index is 13.8. The lowest BCUT2D eigenvalue weighted by Gasteiger charge is -2.32. The van der Waals surface area contributed by atoms with Crippen molar-refractivity contribution in [3.8, 4) is 11.5 Å². The van der Waals surface area contributed by atoms with Gasteiger partial charge in [-0.3, -0.25) is 9.69 Å². The molecule has 1 unspecified atom stereocenters. The molecular formula is C24H29NO3. The second-order valence-corrected chi connectivity index (χ2v) is 5.63. The van der Waals surface area contributed by atoms with E-state index in [-0.39, 0.29) is 11.5 Å². The van der Waals surface area contributed by atoms with Gasteiger partial charge in [0, 0.05) is 38.5 Å². The predicted octanol–water partition coefficient (Wildman–Crippen LogP) is 4.36. The average molecular weight is 400 g/mol. The molecule has 4 rings (SSSR count). The topological polar surface area (TPSA) is 38.8 Å². The van der Waals surface area contributed by atoms with Crippen LogP contribution in [-0.4, -0.2) is 37.9 Å². The summed E-state index contributed by atoms with van der Waals surface area (Å²) in [5, 5.41) is 0. The molecule has 2 aliphatic rings. The van der Waals surface area contributed by atoms with E-state index >= 15 is 0 Å². The van der Waals surface area contributed by atoms with Gasteiger partial charge in [0.05, 0.1) is 21.1 Å². The van der Waals surface area contributed by atoms with Gasteiger partial charge in [0.2, 0.25) is 0 Å². The molecule has 1 heterocycles. The zero-order valence-corrected chi connectivity index (χ0v) is 14.9. The molecule has 2 aromatic rings. The highest BCUT2D eigenvalue weighted by Gasteiger charge is 2.34. The smallest absolute Gasteiger partial charge is 0.166 e. The summed E-state index contributed by atoms with van der Waals surface area (Å²) >= 11 is 0. The number of likely N-dealkylation sites (tertiary alicyclic amines) is 1. The predicted molar refractivity (Wildman–Crippen MR) is 110 cm³/mol. The molecule has 0 aromatic heterocycles. The van der Waals surface area contributed by atoms with E-state index in [0.717, 1.165) is 12.1 Å². The number of rotatable bonds is 6. The lowest BCUT2D eigenvalue weighted by atomic mass is 9.85. The van der Waals surface area contributed by atoms with E-state index < -0.39 is 114 Å². The van der Waals surface area contributed by atoms with Crippen LogP contribution in [0.5, 0.6) is 11.5 Å². The second-order valence-electron chi connectivity index (χ2n) is 5.63. The van der Waals surface area contributed by atoms with Gasteiger partial charge in [-0.2, -0.15) is 0 Å². The summed E-state index contributed by atoms with van der Waals surface area (Å²) < 4.78 is 182. The minimum atomic E-state index is -4.42. The Hall–Kier alpha value is -2.33. The van der Waals surface area contributed by atoms with E-state index in [1.807, 2.05) is 0 Å². The van der Waals surface area contributed by atoms with Crippen LogP contribution in [0, 0.1) is 11.8 Å². The third-order valence-corrected chi connectivity index (χ3v) is 3.95. The first-order chi connectivity index (χ1) is 21.4. The Labute approximate surface area is 195 Å². The van der Waals surface area contributed by atoms with Crippen LogP contribution in [0.1, 0.15) is 68.0 Å². The summed E-state index contributed by atoms with van der Waals surface area (Å²) in [6.07, 6.45) is -16.1. The molecule has 1 atom stereocenters. The molecule has 148 valence electrons. The van der Waals surface area contributed by atoms with E-state index in [0.29, 0.717) is 0 Å². The fourth-order valence-corrected chi connectivity index (χ4v) is 2.65. The van der Waals surface area contributed by atoms with Crippen molar-refractivity contribution in [3.63, 3.8) is 0 Å². The van der Waals surface area contributed by atoms with Gasteiger partial charge in [-0.25, -0.2) is 0 Å². The van der Waals surface area contributed by atoms with Crippen molar-refractivity contribution in [2.75, 3.05) is 27.2 Å². The molecule has 4 heteroatoms. The number of hydrogen-bond donors (Lipinski definition) is 0. The summed E-state index contributed by atoms with van der Waals surface area (Å²) in [7, 11) is 2.36. The van der Waals surface area contributed by atoms with Crippen LogP contribution >= 0.6 is 0 Å². The van der Waals surface area contributed by atoms with E-state index in [4.69, 9.17) is 36.9 Å². The third kappa shape index (κ3) is 3.93. The van der Waals surface area contributed by atoms with Crippen molar-refractivity contribution >= 4 is 5.78 Å². The Morgan fingerprint density at radius 1 is 1.18 bits per heavy atom. The first kappa shape index (κ1) is 6.60. The molecule has 1 aliphatic heterocycles. The van der Waals surface area contributed by atoms with Crippen molar-refractivity contribution in [1.82, 2.24) is 4.90 Å². The van der Waals surface area contributed by atoms with Crippen molar-refractivity contribution in [1.29, 1.82) is 0 Å². The summed E-state index contributed by atoms with van der Waals surface area (Å²) in [5.74, 6) is -8.87. The standard InChI is InChI=1S/C24H29NO3/c1-27-22-14-19-13-20(24(26)21(19)15-23(22)28-2)12-17-8-10-25(11-9-17)16-18-6-4-3-5-7-18/h3-7,14-15,17,20H,8-13,16H2,1-2H3/i3D,4D,5D,6D,7D,8D2,9D2,10D2,11D2,12D2,13D2,16D2,17D. The highest BCUT2D eigenvalue weighted by atomic mass is 16.5. The van der Waals surface area contributed by atoms with Gasteiger partial charge in [-0.15, -0.1) is 0 Å². The molecule has 0 spiro atoms. The number of piperidine rings is 1. The average Bonchev–Trinajstić information content (AvgIpc) is 3.15. The number of ketones is 1. The van der Waals surface area contributed by atoms with Crippen LogP contribution in [0.3, 0.4) is 0 Å². The quantitative estimate of drug-likeness (QED) is 0.723. The highest BCUT2D eigenvalue weighted by Crippen LogP contribution is 2.39. The van der Waals surface area contributed by atoms with Crippen LogP contribution in [0.4, 0.5) is 0 Å². The Balaban J connectivity index is 2.03. The molecule has 4 nitrogen and oxygen atoms in total. The molecule has 0 amide bonds. The van der Waals surface area contributed by atoms with Crippen LogP contribution in [0.25, 0.3) is 0 Å². The Kier molecular flexibility index (Phi) is 1.97. The van der Waals surface area contributed by atoms with Gasteiger partial charge in [0.25, 0.3) is 0 Å². The van der Waals surface area contributed by atoms with Crippen molar-refractivity contribution in [2.24, 2.45) is 11.8 Å². The molecule has 0 bridgehead atoms. The van der Waals surface area contributed by atoms with Crippen LogP contribution in [0.15, 0.2) is 42.3 Å². The van der Waals surface area contributed by atoms with Gasteiger partial charge < -0.3 is 9.47 Å². The minimum Gasteiger partial charge on any atom is -0.493 e. The Morgan fingerprint density at radius 3 is 2.54 bits per heavy atom. The maximum Gasteiger partial charge on any atom is 0.166 e. The number of carbonyl (C=O) groups is 1. The van der Waals surface area contributed by atoms with Gasteiger partial charge >= 0.3 is 0 Å². The molecular weight excluding hydrogens is 350 g/mol. The van der Waals surface area contributed by atoms with Crippen molar-refractivity contribution in [2.45, 2.75) is 32.0 Å². The fourth-order valence-electron chi connectivity index (χ4n) is 2.65. The summed E-state index contributed by atoms with van der Waals surface area (Å²) in [6.45, 7) is -12.6. The molecule has 28 heavy (non-hydrogen) atoms. The Morgan fingerprint density at radius 2 is 1.86 bits per heavy atom. The largest absolute Gasteiger partial charge is 0.493 e. The number of ether oxygens (including phenoxy) is 2. The first-order valence-corrected chi connectivity index (χ1v) is 8.12. The lowest BCUT2D eigenvalue weighted by molar-refractivity contribution is 0.0895. The lowest BCUT2D eigenvalue weighted by Crippen LogP contribution is -2.34. The zero-order valence-electron chi connectivity index (χ0n) is 34.9. The SMILES string of the molecule is [2H]c1c([2H])c([2H])c(C([2H])([2H])N2C([2H])([2H])C([2H])([2H])C([2H])(C([2H])([2H])C3C(=O)c4cc(OC)c(OC)cc4C3([2H])[2H])C([2H])([2H])C2([2H])[2H])c([2H])c1[2H].